The Morgan fingerprint density at radius 3 is 2.54 bits per heavy atom. The maximum Gasteiger partial charge on any atom is 0.258 e. The van der Waals surface area contributed by atoms with E-state index in [2.05, 4.69) is 10.4 Å². The van der Waals surface area contributed by atoms with Crippen LogP contribution in [0.2, 0.25) is 5.02 Å². The first-order chi connectivity index (χ1) is 11.1. The van der Waals surface area contributed by atoms with Crippen LogP contribution in [0.25, 0.3) is 0 Å². The monoisotopic (exact) mass is 367 g/mol. The van der Waals surface area contributed by atoms with Gasteiger partial charge in [0.2, 0.25) is 0 Å². The average Bonchev–Trinajstić information content (AvgIpc) is 2.92. The Labute approximate surface area is 145 Å². The second-order valence-electron chi connectivity index (χ2n) is 6.82. The van der Waals surface area contributed by atoms with Gasteiger partial charge in [0.05, 0.1) is 33.3 Å². The molecule has 0 saturated heterocycles. The van der Waals surface area contributed by atoms with Crippen LogP contribution in [0.1, 0.15) is 42.4 Å². The van der Waals surface area contributed by atoms with E-state index in [4.69, 9.17) is 11.6 Å². The second kappa shape index (κ2) is 5.60. The smallest absolute Gasteiger partial charge is 0.258 e. The summed E-state index contributed by atoms with van der Waals surface area (Å²) in [6.07, 6.45) is 0. The Kier molecular flexibility index (Phi) is 3.96. The Morgan fingerprint density at radius 2 is 1.92 bits per heavy atom. The summed E-state index contributed by atoms with van der Waals surface area (Å²) in [5.74, 6) is -0.182. The predicted octanol–water partition coefficient (Wildman–Crippen LogP) is 2.97. The Balaban J connectivity index is 2.04. The number of aromatic nitrogens is 2. The third-order valence-corrected chi connectivity index (χ3v) is 5.54. The molecule has 0 spiro atoms. The van der Waals surface area contributed by atoms with Crippen molar-refractivity contribution < 1.29 is 13.2 Å². The van der Waals surface area contributed by atoms with Crippen LogP contribution in [-0.2, 0) is 26.9 Å². The number of benzene rings is 1. The third kappa shape index (κ3) is 3.06. The van der Waals surface area contributed by atoms with Gasteiger partial charge in [-0.05, 0) is 32.9 Å². The number of carbonyl (C=O) groups is 1. The van der Waals surface area contributed by atoms with E-state index in [-0.39, 0.29) is 11.5 Å². The lowest BCUT2D eigenvalue weighted by Gasteiger charge is -2.23. The number of rotatable bonds is 2. The second-order valence-corrected chi connectivity index (χ2v) is 9.29. The third-order valence-electron chi connectivity index (χ3n) is 3.77. The van der Waals surface area contributed by atoms with E-state index in [9.17, 15) is 13.2 Å². The molecule has 0 atom stereocenters. The Morgan fingerprint density at radius 1 is 1.25 bits per heavy atom. The standard InChI is InChI=1S/C16H18ClN3O3S/c1-16(2,3)20-14(11-8-24(22,23)9-13(11)19-20)18-15(21)10-6-4-5-7-12(10)17/h4-7H,8-9H2,1-3H3,(H,18,21). The van der Waals surface area contributed by atoms with E-state index in [0.29, 0.717) is 27.7 Å². The van der Waals surface area contributed by atoms with Gasteiger partial charge in [-0.25, -0.2) is 13.1 Å². The van der Waals surface area contributed by atoms with Crippen LogP contribution in [0.4, 0.5) is 5.82 Å². The molecule has 1 aromatic carbocycles. The van der Waals surface area contributed by atoms with Crippen molar-refractivity contribution in [1.82, 2.24) is 9.78 Å². The van der Waals surface area contributed by atoms with Gasteiger partial charge in [-0.1, -0.05) is 23.7 Å². The minimum absolute atomic E-state index is 0.0968. The lowest BCUT2D eigenvalue weighted by Crippen LogP contribution is -2.27. The molecule has 2 heterocycles. The fourth-order valence-electron chi connectivity index (χ4n) is 2.68. The highest BCUT2D eigenvalue weighted by Gasteiger charge is 2.35. The van der Waals surface area contributed by atoms with E-state index in [1.54, 1.807) is 28.9 Å². The van der Waals surface area contributed by atoms with Gasteiger partial charge in [0, 0.05) is 5.56 Å². The molecule has 0 aliphatic carbocycles. The number of amides is 1. The van der Waals surface area contributed by atoms with Crippen LogP contribution in [0, 0.1) is 0 Å². The predicted molar refractivity (Wildman–Crippen MR) is 93.0 cm³/mol. The molecule has 1 N–H and O–H groups in total. The number of sulfone groups is 1. The van der Waals surface area contributed by atoms with Crippen LogP contribution in [-0.4, -0.2) is 24.1 Å². The van der Waals surface area contributed by atoms with E-state index in [1.807, 2.05) is 20.8 Å². The van der Waals surface area contributed by atoms with E-state index in [1.165, 1.54) is 0 Å². The quantitative estimate of drug-likeness (QED) is 0.884. The summed E-state index contributed by atoms with van der Waals surface area (Å²) in [6, 6.07) is 6.71. The van der Waals surface area contributed by atoms with Crippen molar-refractivity contribution in [1.29, 1.82) is 0 Å². The number of carbonyl (C=O) groups excluding carboxylic acids is 1. The number of hydrogen-bond acceptors (Lipinski definition) is 4. The first-order valence-electron chi connectivity index (χ1n) is 7.46. The summed E-state index contributed by atoms with van der Waals surface area (Å²) in [5.41, 5.74) is 0.983. The maximum atomic E-state index is 12.6. The molecule has 0 radical (unpaired) electrons. The highest BCUT2D eigenvalue weighted by atomic mass is 35.5. The van der Waals surface area contributed by atoms with Crippen molar-refractivity contribution in [2.45, 2.75) is 37.8 Å². The largest absolute Gasteiger partial charge is 0.306 e. The van der Waals surface area contributed by atoms with Crippen LogP contribution in [0.5, 0.6) is 0 Å². The topological polar surface area (TPSA) is 81.1 Å². The molecule has 24 heavy (non-hydrogen) atoms. The van der Waals surface area contributed by atoms with Gasteiger partial charge >= 0.3 is 0 Å². The Bertz CT molecular complexity index is 927. The molecule has 1 aliphatic heterocycles. The zero-order chi connectivity index (χ0) is 17.7. The molecule has 0 bridgehead atoms. The van der Waals surface area contributed by atoms with Crippen LogP contribution in [0.3, 0.4) is 0 Å². The van der Waals surface area contributed by atoms with Crippen LogP contribution >= 0.6 is 11.6 Å². The Hall–Kier alpha value is -1.86. The number of nitrogens with zero attached hydrogens (tertiary/aromatic N) is 2. The molecule has 1 aromatic heterocycles. The zero-order valence-corrected chi connectivity index (χ0v) is 15.2. The fourth-order valence-corrected chi connectivity index (χ4v) is 4.39. The highest BCUT2D eigenvalue weighted by Crippen LogP contribution is 2.34. The summed E-state index contributed by atoms with van der Waals surface area (Å²) < 4.78 is 25.4. The molecule has 128 valence electrons. The first kappa shape index (κ1) is 17.0. The number of anilines is 1. The number of hydrogen-bond donors (Lipinski definition) is 1. The van der Waals surface area contributed by atoms with Gasteiger partial charge in [0.15, 0.2) is 9.84 Å². The van der Waals surface area contributed by atoms with Gasteiger partial charge in [-0.2, -0.15) is 5.10 Å². The van der Waals surface area contributed by atoms with Gasteiger partial charge in [-0.3, -0.25) is 4.79 Å². The molecule has 1 aliphatic rings. The summed E-state index contributed by atoms with van der Waals surface area (Å²) >= 11 is 6.07. The van der Waals surface area contributed by atoms with Crippen molar-refractivity contribution in [2.24, 2.45) is 0 Å². The molecule has 0 saturated carbocycles. The first-order valence-corrected chi connectivity index (χ1v) is 9.66. The van der Waals surface area contributed by atoms with Crippen LogP contribution < -0.4 is 5.32 Å². The number of halogens is 1. The zero-order valence-electron chi connectivity index (χ0n) is 13.6. The minimum atomic E-state index is -3.21. The molecule has 0 unspecified atom stereocenters. The van der Waals surface area contributed by atoms with E-state index in [0.717, 1.165) is 0 Å². The fraction of sp³-hybridized carbons (Fsp3) is 0.375. The van der Waals surface area contributed by atoms with Gasteiger partial charge in [-0.15, -0.1) is 0 Å². The lowest BCUT2D eigenvalue weighted by molar-refractivity contribution is 0.102. The molecule has 2 aromatic rings. The molecule has 3 rings (SSSR count). The maximum absolute atomic E-state index is 12.6. The molecule has 1 amide bonds. The average molecular weight is 368 g/mol. The molecule has 8 heteroatoms. The summed E-state index contributed by atoms with van der Waals surface area (Å²) in [4.78, 5) is 12.6. The van der Waals surface area contributed by atoms with Gasteiger partial charge < -0.3 is 5.32 Å². The van der Waals surface area contributed by atoms with Crippen molar-refractivity contribution >= 4 is 33.2 Å². The molecular formula is C16H18ClN3O3S. The SMILES string of the molecule is CC(C)(C)n1nc2c(c1NC(=O)c1ccccc1Cl)CS(=O)(=O)C2. The van der Waals surface area contributed by atoms with Crippen molar-refractivity contribution in [2.75, 3.05) is 5.32 Å². The number of nitrogens with one attached hydrogen (secondary N) is 1. The van der Waals surface area contributed by atoms with E-state index >= 15 is 0 Å². The van der Waals surface area contributed by atoms with Gasteiger partial charge in [0.1, 0.15) is 5.82 Å². The molecule has 6 nitrogen and oxygen atoms in total. The number of fused-ring (bicyclic) bond motifs is 1. The van der Waals surface area contributed by atoms with Gasteiger partial charge in [0.25, 0.3) is 5.91 Å². The van der Waals surface area contributed by atoms with Crippen LogP contribution in [0.15, 0.2) is 24.3 Å². The minimum Gasteiger partial charge on any atom is -0.306 e. The lowest BCUT2D eigenvalue weighted by atomic mass is 10.1. The van der Waals surface area contributed by atoms with Crippen molar-refractivity contribution in [3.63, 3.8) is 0 Å². The van der Waals surface area contributed by atoms with Crippen molar-refractivity contribution in [3.05, 3.63) is 46.1 Å². The molecule has 0 fully saturated rings. The normalized spacial score (nSPS) is 16.0. The van der Waals surface area contributed by atoms with Crippen molar-refractivity contribution in [3.8, 4) is 0 Å². The summed E-state index contributed by atoms with van der Waals surface area (Å²) in [5, 5.41) is 7.56. The highest BCUT2D eigenvalue weighted by molar-refractivity contribution is 7.90. The molecular weight excluding hydrogens is 350 g/mol. The van der Waals surface area contributed by atoms with E-state index < -0.39 is 21.3 Å². The summed E-state index contributed by atoms with van der Waals surface area (Å²) in [6.45, 7) is 5.82. The summed E-state index contributed by atoms with van der Waals surface area (Å²) in [7, 11) is -3.21.